The van der Waals surface area contributed by atoms with Crippen molar-refractivity contribution in [2.45, 2.75) is 45.2 Å². The molecule has 0 saturated carbocycles. The maximum absolute atomic E-state index is 14.1. The van der Waals surface area contributed by atoms with E-state index in [0.717, 1.165) is 10.9 Å². The predicted octanol–water partition coefficient (Wildman–Crippen LogP) is 4.45. The predicted molar refractivity (Wildman–Crippen MR) is 141 cm³/mol. The molecule has 0 bridgehead atoms. The van der Waals surface area contributed by atoms with Crippen LogP contribution in [0.1, 0.15) is 39.2 Å². The Morgan fingerprint density at radius 2 is 1.83 bits per heavy atom. The molecule has 12 heteroatoms. The van der Waals surface area contributed by atoms with Crippen molar-refractivity contribution < 1.29 is 41.4 Å². The fraction of sp³-hybridized carbons (Fsp3) is 0.414. The molecule has 8 nitrogen and oxygen atoms in total. The van der Waals surface area contributed by atoms with Crippen molar-refractivity contribution in [2.75, 3.05) is 20.3 Å². The van der Waals surface area contributed by atoms with Gasteiger partial charge in [0, 0.05) is 30.1 Å². The van der Waals surface area contributed by atoms with Crippen molar-refractivity contribution >= 4 is 28.5 Å². The zero-order valence-corrected chi connectivity index (χ0v) is 22.8. The van der Waals surface area contributed by atoms with Crippen molar-refractivity contribution in [1.29, 1.82) is 0 Å². The Hall–Kier alpha value is -4.09. The SMILES string of the molecule is COc1cccc2c1ccn2[C@@H](CC(C)C)C(=O)N[C@@H](C[C@@H]1CCNC1=O)C(=O)COc1c(F)c(F)cc(F)c1F. The van der Waals surface area contributed by atoms with E-state index < -0.39 is 65.3 Å². The van der Waals surface area contributed by atoms with Gasteiger partial charge in [-0.1, -0.05) is 19.9 Å². The highest BCUT2D eigenvalue weighted by molar-refractivity contribution is 5.93. The van der Waals surface area contributed by atoms with Gasteiger partial charge >= 0.3 is 0 Å². The lowest BCUT2D eigenvalue weighted by molar-refractivity contribution is -0.132. The molecule has 1 aliphatic rings. The molecular weight excluding hydrogens is 546 g/mol. The number of halogens is 4. The van der Waals surface area contributed by atoms with Crippen molar-refractivity contribution in [3.63, 3.8) is 0 Å². The van der Waals surface area contributed by atoms with Crippen LogP contribution >= 0.6 is 0 Å². The number of hydrogen-bond acceptors (Lipinski definition) is 5. The average molecular weight is 578 g/mol. The number of nitrogens with one attached hydrogen (secondary N) is 2. The van der Waals surface area contributed by atoms with Gasteiger partial charge in [0.1, 0.15) is 18.4 Å². The van der Waals surface area contributed by atoms with E-state index in [4.69, 9.17) is 9.47 Å². The standard InChI is InChI=1S/C29H31F4N3O5/c1-15(2)11-22(36-10-8-17-21(36)5-4-6-24(17)40-3)29(39)35-20(12-16-7-9-34-28(16)38)23(37)14-41-27-25(32)18(30)13-19(31)26(27)33/h4-6,8,10,13,15-16,20,22H,7,9,11-12,14H2,1-3H3,(H,34,38)(H,35,39)/t16-,20-,22-/m0/s1. The Kier molecular flexibility index (Phi) is 9.19. The quantitative estimate of drug-likeness (QED) is 0.245. The smallest absolute Gasteiger partial charge is 0.243 e. The van der Waals surface area contributed by atoms with E-state index in [1.165, 1.54) is 7.11 Å². The van der Waals surface area contributed by atoms with E-state index in [1.54, 1.807) is 22.9 Å². The number of rotatable bonds is 12. The third-order valence-corrected chi connectivity index (χ3v) is 7.09. The van der Waals surface area contributed by atoms with Crippen molar-refractivity contribution in [1.82, 2.24) is 15.2 Å². The first-order valence-electron chi connectivity index (χ1n) is 13.2. The first-order valence-corrected chi connectivity index (χ1v) is 13.2. The van der Waals surface area contributed by atoms with Crippen molar-refractivity contribution in [3.05, 3.63) is 59.8 Å². The number of nitrogens with zero attached hydrogens (tertiary/aromatic N) is 1. The van der Waals surface area contributed by atoms with Crippen molar-refractivity contribution in [2.24, 2.45) is 11.8 Å². The van der Waals surface area contributed by atoms with Gasteiger partial charge in [-0.3, -0.25) is 14.4 Å². The summed E-state index contributed by atoms with van der Waals surface area (Å²) in [6, 6.07) is 5.21. The van der Waals surface area contributed by atoms with E-state index in [-0.39, 0.29) is 24.3 Å². The normalized spacial score (nSPS) is 16.5. The highest BCUT2D eigenvalue weighted by atomic mass is 19.2. The number of Topliss-reactive ketones (excluding diaryl/α,β-unsaturated/α-hetero) is 1. The molecule has 220 valence electrons. The van der Waals surface area contributed by atoms with Gasteiger partial charge in [-0.15, -0.1) is 0 Å². The van der Waals surface area contributed by atoms with Gasteiger partial charge in [-0.2, -0.15) is 8.78 Å². The minimum atomic E-state index is -1.79. The molecule has 1 saturated heterocycles. The van der Waals surface area contributed by atoms with Gasteiger partial charge in [0.25, 0.3) is 0 Å². The summed E-state index contributed by atoms with van der Waals surface area (Å²) >= 11 is 0. The van der Waals surface area contributed by atoms with Gasteiger partial charge in [0.05, 0.1) is 18.7 Å². The topological polar surface area (TPSA) is 98.7 Å². The number of methoxy groups -OCH3 is 1. The number of benzene rings is 2. The zero-order valence-electron chi connectivity index (χ0n) is 22.8. The summed E-state index contributed by atoms with van der Waals surface area (Å²) in [5.41, 5.74) is 0.727. The molecule has 0 radical (unpaired) electrons. The summed E-state index contributed by atoms with van der Waals surface area (Å²) in [4.78, 5) is 39.3. The second-order valence-corrected chi connectivity index (χ2v) is 10.4. The van der Waals surface area contributed by atoms with E-state index >= 15 is 0 Å². The summed E-state index contributed by atoms with van der Waals surface area (Å²) in [6.45, 7) is 3.26. The Bertz CT molecular complexity index is 1430. The molecule has 2 amide bonds. The fourth-order valence-electron chi connectivity index (χ4n) is 5.02. The number of carbonyl (C=O) groups excluding carboxylic acids is 3. The fourth-order valence-corrected chi connectivity index (χ4v) is 5.02. The Morgan fingerprint density at radius 1 is 1.12 bits per heavy atom. The Balaban J connectivity index is 1.61. The maximum atomic E-state index is 14.1. The molecule has 2 heterocycles. The molecule has 2 aromatic carbocycles. The average Bonchev–Trinajstić information content (AvgIpc) is 3.55. The van der Waals surface area contributed by atoms with E-state index in [0.29, 0.717) is 25.1 Å². The van der Waals surface area contributed by atoms with Crippen LogP contribution in [0.5, 0.6) is 11.5 Å². The van der Waals surface area contributed by atoms with Crippen LogP contribution in [0.25, 0.3) is 10.9 Å². The van der Waals surface area contributed by atoms with Crippen LogP contribution in [0.15, 0.2) is 36.5 Å². The Morgan fingerprint density at radius 3 is 2.44 bits per heavy atom. The molecular formula is C29H31F4N3O5. The first-order chi connectivity index (χ1) is 19.5. The van der Waals surface area contributed by atoms with Gasteiger partial charge in [-0.05, 0) is 43.4 Å². The molecule has 1 aliphatic heterocycles. The molecule has 1 aromatic heterocycles. The van der Waals surface area contributed by atoms with Crippen LogP contribution in [0, 0.1) is 35.1 Å². The summed E-state index contributed by atoms with van der Waals surface area (Å²) in [7, 11) is 1.54. The van der Waals surface area contributed by atoms with E-state index in [1.807, 2.05) is 26.0 Å². The number of ketones is 1. The number of fused-ring (bicyclic) bond motifs is 1. The summed E-state index contributed by atoms with van der Waals surface area (Å²) in [5.74, 6) is -9.92. The van der Waals surface area contributed by atoms with Gasteiger partial charge in [0.15, 0.2) is 23.2 Å². The second-order valence-electron chi connectivity index (χ2n) is 10.4. The van der Waals surface area contributed by atoms with Crippen LogP contribution in [0.2, 0.25) is 0 Å². The number of amides is 2. The van der Waals surface area contributed by atoms with E-state index in [2.05, 4.69) is 10.6 Å². The number of hydrogen-bond donors (Lipinski definition) is 2. The molecule has 3 atom stereocenters. The zero-order chi connectivity index (χ0) is 29.8. The molecule has 0 spiro atoms. The number of carbonyl (C=O) groups is 3. The third kappa shape index (κ3) is 6.47. The number of aromatic nitrogens is 1. The molecule has 0 aliphatic carbocycles. The highest BCUT2D eigenvalue weighted by Crippen LogP contribution is 2.31. The van der Waals surface area contributed by atoms with Gasteiger partial charge in [-0.25, -0.2) is 8.78 Å². The monoisotopic (exact) mass is 577 g/mol. The van der Waals surface area contributed by atoms with Crippen LogP contribution in [0.3, 0.4) is 0 Å². The molecule has 0 unspecified atom stereocenters. The number of ether oxygens (including phenoxy) is 2. The minimum absolute atomic E-state index is 0.0243. The lowest BCUT2D eigenvalue weighted by atomic mass is 9.95. The van der Waals surface area contributed by atoms with Crippen LogP contribution < -0.4 is 20.1 Å². The summed E-state index contributed by atoms with van der Waals surface area (Å²) in [6.07, 6.45) is 2.45. The second kappa shape index (κ2) is 12.6. The Labute approximate surface area is 234 Å². The molecule has 2 N–H and O–H groups in total. The van der Waals surface area contributed by atoms with Crippen LogP contribution in [-0.2, 0) is 14.4 Å². The summed E-state index contributed by atoms with van der Waals surface area (Å²) in [5, 5.41) is 6.15. The largest absolute Gasteiger partial charge is 0.496 e. The third-order valence-electron chi connectivity index (χ3n) is 7.09. The maximum Gasteiger partial charge on any atom is 0.243 e. The first kappa shape index (κ1) is 29.9. The molecule has 4 rings (SSSR count). The van der Waals surface area contributed by atoms with E-state index in [9.17, 15) is 31.9 Å². The lowest BCUT2D eigenvalue weighted by Crippen LogP contribution is -2.47. The van der Waals surface area contributed by atoms with Gasteiger partial charge < -0.3 is 24.7 Å². The molecule has 1 fully saturated rings. The highest BCUT2D eigenvalue weighted by Gasteiger charge is 2.34. The minimum Gasteiger partial charge on any atom is -0.496 e. The van der Waals surface area contributed by atoms with Crippen molar-refractivity contribution in [3.8, 4) is 11.5 Å². The van der Waals surface area contributed by atoms with Gasteiger partial charge in [0.2, 0.25) is 23.4 Å². The van der Waals surface area contributed by atoms with Crippen LogP contribution in [-0.4, -0.2) is 48.5 Å². The lowest BCUT2D eigenvalue weighted by Gasteiger charge is -2.26. The van der Waals surface area contributed by atoms with Crippen LogP contribution in [0.4, 0.5) is 17.6 Å². The molecule has 3 aromatic rings. The summed E-state index contributed by atoms with van der Waals surface area (Å²) < 4.78 is 67.5. The molecule has 41 heavy (non-hydrogen) atoms.